The van der Waals surface area contributed by atoms with Crippen molar-refractivity contribution in [2.75, 3.05) is 11.9 Å². The summed E-state index contributed by atoms with van der Waals surface area (Å²) in [5.74, 6) is -0.612. The molecule has 0 heterocycles. The van der Waals surface area contributed by atoms with Crippen LogP contribution in [-0.2, 0) is 14.8 Å². The van der Waals surface area contributed by atoms with Gasteiger partial charge in [-0.25, -0.2) is 13.1 Å². The smallest absolute Gasteiger partial charge is 0.264 e. The summed E-state index contributed by atoms with van der Waals surface area (Å²) in [4.78, 5) is 11.8. The van der Waals surface area contributed by atoms with E-state index in [4.69, 9.17) is 0 Å². The maximum absolute atomic E-state index is 12.0. The molecule has 1 amide bonds. The Morgan fingerprint density at radius 1 is 1.00 bits per heavy atom. The van der Waals surface area contributed by atoms with Crippen molar-refractivity contribution < 1.29 is 13.2 Å². The summed E-state index contributed by atoms with van der Waals surface area (Å²) in [7, 11) is -3.82. The molecular formula is C15H16N2O3S. The van der Waals surface area contributed by atoms with Gasteiger partial charge in [0.25, 0.3) is 15.9 Å². The maximum atomic E-state index is 12.0. The van der Waals surface area contributed by atoms with Crippen molar-refractivity contribution in [3.8, 4) is 0 Å². The van der Waals surface area contributed by atoms with Crippen LogP contribution >= 0.6 is 0 Å². The molecule has 0 spiro atoms. The molecule has 5 nitrogen and oxygen atoms in total. The molecule has 6 heteroatoms. The van der Waals surface area contributed by atoms with E-state index >= 15 is 0 Å². The van der Waals surface area contributed by atoms with Gasteiger partial charge >= 0.3 is 0 Å². The number of benzene rings is 2. The fourth-order valence-corrected chi connectivity index (χ4v) is 2.68. The van der Waals surface area contributed by atoms with Crippen molar-refractivity contribution >= 4 is 21.6 Å². The number of hydrogen-bond donors (Lipinski definition) is 2. The van der Waals surface area contributed by atoms with Crippen LogP contribution in [0.15, 0.2) is 59.5 Å². The summed E-state index contributed by atoms with van der Waals surface area (Å²) in [6, 6.07) is 15.4. The van der Waals surface area contributed by atoms with Crippen LogP contribution in [0, 0.1) is 6.92 Å². The lowest BCUT2D eigenvalue weighted by Crippen LogP contribution is -2.35. The van der Waals surface area contributed by atoms with Crippen molar-refractivity contribution in [1.29, 1.82) is 0 Å². The number of aryl methyl sites for hydroxylation is 1. The lowest BCUT2D eigenvalue weighted by molar-refractivity contribution is -0.117. The normalized spacial score (nSPS) is 10.9. The zero-order chi connectivity index (χ0) is 15.3. The summed E-state index contributed by atoms with van der Waals surface area (Å²) < 4.78 is 26.0. The molecule has 0 aromatic heterocycles. The Hall–Kier alpha value is -2.34. The number of carbonyl (C=O) groups is 1. The van der Waals surface area contributed by atoms with E-state index in [2.05, 4.69) is 5.32 Å². The van der Waals surface area contributed by atoms with E-state index < -0.39 is 15.9 Å². The molecule has 2 rings (SSSR count). The Labute approximate surface area is 124 Å². The lowest BCUT2D eigenvalue weighted by Gasteiger charge is -2.09. The van der Waals surface area contributed by atoms with Crippen LogP contribution in [0.3, 0.4) is 0 Å². The average molecular weight is 304 g/mol. The number of carbonyl (C=O) groups excluding carboxylic acids is 1. The summed E-state index contributed by atoms with van der Waals surface area (Å²) in [6.45, 7) is 1.74. The molecule has 0 fully saturated rings. The first-order valence-corrected chi connectivity index (χ1v) is 7.87. The molecule has 0 radical (unpaired) electrons. The maximum Gasteiger partial charge on any atom is 0.264 e. The van der Waals surface area contributed by atoms with Crippen LogP contribution in [0.5, 0.6) is 0 Å². The summed E-state index contributed by atoms with van der Waals surface area (Å²) in [5, 5.41) is 2.85. The largest absolute Gasteiger partial charge is 0.376 e. The predicted molar refractivity (Wildman–Crippen MR) is 81.4 cm³/mol. The molecule has 0 bridgehead atoms. The van der Waals surface area contributed by atoms with Crippen LogP contribution in [0.4, 0.5) is 5.69 Å². The monoisotopic (exact) mass is 304 g/mol. The van der Waals surface area contributed by atoms with Gasteiger partial charge < -0.3 is 5.32 Å². The molecule has 0 saturated carbocycles. The predicted octanol–water partition coefficient (Wildman–Crippen LogP) is 1.91. The molecule has 2 aromatic carbocycles. The number of hydrogen-bond acceptors (Lipinski definition) is 4. The van der Waals surface area contributed by atoms with Crippen LogP contribution in [0.2, 0.25) is 0 Å². The van der Waals surface area contributed by atoms with Crippen LogP contribution in [0.25, 0.3) is 0 Å². The van der Waals surface area contributed by atoms with Crippen LogP contribution < -0.4 is 10.0 Å². The second-order valence-electron chi connectivity index (χ2n) is 4.56. The van der Waals surface area contributed by atoms with Crippen molar-refractivity contribution in [3.05, 3.63) is 60.2 Å². The van der Waals surface area contributed by atoms with E-state index in [0.717, 1.165) is 11.3 Å². The molecule has 2 aromatic rings. The van der Waals surface area contributed by atoms with E-state index in [0.29, 0.717) is 0 Å². The number of amides is 1. The van der Waals surface area contributed by atoms with Crippen molar-refractivity contribution in [2.24, 2.45) is 0 Å². The highest BCUT2D eigenvalue weighted by Crippen LogP contribution is 2.10. The minimum absolute atomic E-state index is 0.0705. The number of anilines is 1. The highest BCUT2D eigenvalue weighted by atomic mass is 32.2. The van der Waals surface area contributed by atoms with E-state index in [1.807, 2.05) is 29.8 Å². The van der Waals surface area contributed by atoms with Gasteiger partial charge in [-0.2, -0.15) is 0 Å². The SMILES string of the molecule is Cc1ccc(S(=O)(=O)NC(=O)CNc2ccccc2)cc1. The summed E-state index contributed by atoms with van der Waals surface area (Å²) >= 11 is 0. The van der Waals surface area contributed by atoms with Crippen LogP contribution in [-0.4, -0.2) is 20.9 Å². The van der Waals surface area contributed by atoms with Crippen LogP contribution in [0.1, 0.15) is 5.56 Å². The number of para-hydroxylation sites is 1. The van der Waals surface area contributed by atoms with Gasteiger partial charge in [-0.15, -0.1) is 0 Å². The molecule has 21 heavy (non-hydrogen) atoms. The summed E-state index contributed by atoms with van der Waals surface area (Å²) in [5.41, 5.74) is 1.70. The highest BCUT2D eigenvalue weighted by molar-refractivity contribution is 7.90. The third-order valence-electron chi connectivity index (χ3n) is 2.81. The topological polar surface area (TPSA) is 75.3 Å². The molecule has 0 atom stereocenters. The van der Waals surface area contributed by atoms with Gasteiger partial charge in [-0.05, 0) is 31.2 Å². The zero-order valence-corrected chi connectivity index (χ0v) is 12.4. The molecule has 2 N–H and O–H groups in total. The second kappa shape index (κ2) is 6.41. The Kier molecular flexibility index (Phi) is 4.59. The summed E-state index contributed by atoms with van der Waals surface area (Å²) in [6.07, 6.45) is 0. The van der Waals surface area contributed by atoms with E-state index in [-0.39, 0.29) is 11.4 Å². The van der Waals surface area contributed by atoms with Gasteiger partial charge in [-0.1, -0.05) is 35.9 Å². The lowest BCUT2D eigenvalue weighted by atomic mass is 10.2. The molecule has 110 valence electrons. The van der Waals surface area contributed by atoms with Gasteiger partial charge in [0.05, 0.1) is 11.4 Å². The molecule has 0 aliphatic carbocycles. The minimum Gasteiger partial charge on any atom is -0.376 e. The van der Waals surface area contributed by atoms with Gasteiger partial charge in [0, 0.05) is 5.69 Å². The Morgan fingerprint density at radius 2 is 1.62 bits per heavy atom. The van der Waals surface area contributed by atoms with Crippen molar-refractivity contribution in [2.45, 2.75) is 11.8 Å². The first kappa shape index (κ1) is 15.1. The number of rotatable bonds is 5. The fraction of sp³-hybridized carbons (Fsp3) is 0.133. The first-order chi connectivity index (χ1) is 9.97. The van der Waals surface area contributed by atoms with E-state index in [1.54, 1.807) is 24.3 Å². The fourth-order valence-electron chi connectivity index (χ4n) is 1.70. The van der Waals surface area contributed by atoms with E-state index in [1.165, 1.54) is 12.1 Å². The first-order valence-electron chi connectivity index (χ1n) is 6.38. The van der Waals surface area contributed by atoms with Gasteiger partial charge in [0.1, 0.15) is 0 Å². The Morgan fingerprint density at radius 3 is 2.24 bits per heavy atom. The molecule has 0 saturated heterocycles. The van der Waals surface area contributed by atoms with Gasteiger partial charge in [-0.3, -0.25) is 4.79 Å². The quantitative estimate of drug-likeness (QED) is 0.885. The second-order valence-corrected chi connectivity index (χ2v) is 6.24. The van der Waals surface area contributed by atoms with Gasteiger partial charge in [0.15, 0.2) is 0 Å². The third-order valence-corrected chi connectivity index (χ3v) is 4.20. The number of sulfonamides is 1. The van der Waals surface area contributed by atoms with Gasteiger partial charge in [0.2, 0.25) is 0 Å². The standard InChI is InChI=1S/C15H16N2O3S/c1-12-7-9-14(10-8-12)21(19,20)17-15(18)11-16-13-5-3-2-4-6-13/h2-10,16H,11H2,1H3,(H,17,18). The number of nitrogens with one attached hydrogen (secondary N) is 2. The zero-order valence-electron chi connectivity index (χ0n) is 11.5. The molecular weight excluding hydrogens is 288 g/mol. The molecule has 0 aliphatic heterocycles. The highest BCUT2D eigenvalue weighted by Gasteiger charge is 2.16. The molecule has 0 aliphatic rings. The van der Waals surface area contributed by atoms with E-state index in [9.17, 15) is 13.2 Å². The Bertz CT molecular complexity index is 710. The Balaban J connectivity index is 1.97. The van der Waals surface area contributed by atoms with Crippen molar-refractivity contribution in [3.63, 3.8) is 0 Å². The average Bonchev–Trinajstić information content (AvgIpc) is 2.46. The third kappa shape index (κ3) is 4.32. The molecule has 0 unspecified atom stereocenters. The minimum atomic E-state index is -3.82. The van der Waals surface area contributed by atoms with Crippen molar-refractivity contribution in [1.82, 2.24) is 4.72 Å².